The Morgan fingerprint density at radius 2 is 2.38 bits per heavy atom. The molecule has 0 amide bonds. The van der Waals surface area contributed by atoms with Gasteiger partial charge in [-0.25, -0.2) is 8.42 Å². The van der Waals surface area contributed by atoms with Crippen LogP contribution in [-0.4, -0.2) is 72.6 Å². The maximum Gasteiger partial charge on any atom is 0.228 e. The summed E-state index contributed by atoms with van der Waals surface area (Å²) in [5, 5.41) is 7.27. The van der Waals surface area contributed by atoms with E-state index < -0.39 is 9.84 Å². The van der Waals surface area contributed by atoms with Gasteiger partial charge in [0, 0.05) is 37.1 Å². The van der Waals surface area contributed by atoms with Gasteiger partial charge in [-0.15, -0.1) is 0 Å². The second-order valence-corrected chi connectivity index (χ2v) is 8.97. The van der Waals surface area contributed by atoms with Crippen molar-refractivity contribution in [3.05, 3.63) is 11.7 Å². The first-order chi connectivity index (χ1) is 10.0. The highest BCUT2D eigenvalue weighted by atomic mass is 32.2. The lowest BCUT2D eigenvalue weighted by Crippen LogP contribution is -2.46. The Balaban J connectivity index is 1.65. The summed E-state index contributed by atoms with van der Waals surface area (Å²) >= 11 is 1.89. The molecule has 2 atom stereocenters. The van der Waals surface area contributed by atoms with Gasteiger partial charge in [-0.1, -0.05) is 5.16 Å². The van der Waals surface area contributed by atoms with Crippen LogP contribution in [0.5, 0.6) is 0 Å². The first-order valence-electron chi connectivity index (χ1n) is 7.08. The molecule has 0 radical (unpaired) electrons. The number of hydrogen-bond donors (Lipinski definition) is 1. The van der Waals surface area contributed by atoms with Crippen LogP contribution in [0.2, 0.25) is 0 Å². The average molecular weight is 332 g/mol. The predicted molar refractivity (Wildman–Crippen MR) is 81.1 cm³/mol. The molecule has 2 aliphatic heterocycles. The molecule has 3 heterocycles. The van der Waals surface area contributed by atoms with Crippen LogP contribution in [0.4, 0.5) is 0 Å². The van der Waals surface area contributed by atoms with E-state index >= 15 is 0 Å². The van der Waals surface area contributed by atoms with Crippen molar-refractivity contribution in [1.82, 2.24) is 20.4 Å². The van der Waals surface area contributed by atoms with Gasteiger partial charge in [-0.3, -0.25) is 4.90 Å². The fraction of sp³-hybridized carbons (Fsp3) is 0.833. The van der Waals surface area contributed by atoms with Crippen LogP contribution in [0.3, 0.4) is 0 Å². The van der Waals surface area contributed by atoms with Crippen LogP contribution >= 0.6 is 11.8 Å². The summed E-state index contributed by atoms with van der Waals surface area (Å²) in [6, 6.07) is 0.0554. The van der Waals surface area contributed by atoms with Crippen LogP contribution < -0.4 is 5.32 Å². The minimum atomic E-state index is -2.94. The quantitative estimate of drug-likeness (QED) is 0.808. The highest BCUT2D eigenvalue weighted by Crippen LogP contribution is 2.26. The van der Waals surface area contributed by atoms with Gasteiger partial charge in [0.15, 0.2) is 15.7 Å². The van der Waals surface area contributed by atoms with Gasteiger partial charge in [0.05, 0.1) is 17.5 Å². The summed E-state index contributed by atoms with van der Waals surface area (Å²) in [5.41, 5.74) is 0. The number of rotatable bonds is 3. The number of aromatic nitrogens is 2. The van der Waals surface area contributed by atoms with Crippen LogP contribution in [0, 0.1) is 0 Å². The van der Waals surface area contributed by atoms with Gasteiger partial charge in [0.2, 0.25) is 5.89 Å². The molecular formula is C12H20N4O3S2. The Bertz CT molecular complexity index is 589. The molecule has 1 aromatic rings. The zero-order valence-electron chi connectivity index (χ0n) is 12.0. The Morgan fingerprint density at radius 3 is 3.14 bits per heavy atom. The Hall–Kier alpha value is -0.640. The van der Waals surface area contributed by atoms with Crippen LogP contribution in [-0.2, 0) is 16.3 Å². The largest absolute Gasteiger partial charge is 0.339 e. The van der Waals surface area contributed by atoms with Gasteiger partial charge in [-0.05, 0) is 7.05 Å². The summed E-state index contributed by atoms with van der Waals surface area (Å²) in [6.07, 6.45) is 0.468. The van der Waals surface area contributed by atoms with E-state index in [4.69, 9.17) is 4.52 Å². The third-order valence-electron chi connectivity index (χ3n) is 3.90. The molecule has 2 aliphatic rings. The highest BCUT2D eigenvalue weighted by Gasteiger charge is 2.28. The number of hydrogen-bond acceptors (Lipinski definition) is 8. The molecule has 2 fully saturated rings. The second-order valence-electron chi connectivity index (χ2n) is 5.59. The van der Waals surface area contributed by atoms with Crippen molar-refractivity contribution in [2.45, 2.75) is 18.5 Å². The average Bonchev–Trinajstić information content (AvgIpc) is 2.86. The van der Waals surface area contributed by atoms with Gasteiger partial charge in [0.1, 0.15) is 0 Å². The van der Waals surface area contributed by atoms with Crippen LogP contribution in [0.1, 0.15) is 17.8 Å². The molecule has 9 heteroatoms. The van der Waals surface area contributed by atoms with Gasteiger partial charge in [-0.2, -0.15) is 16.7 Å². The number of thioether (sulfide) groups is 1. The molecule has 0 bridgehead atoms. The van der Waals surface area contributed by atoms with E-state index in [-0.39, 0.29) is 23.6 Å². The fourth-order valence-corrected chi connectivity index (χ4v) is 5.31. The third kappa shape index (κ3) is 3.77. The normalized spacial score (nSPS) is 30.3. The lowest BCUT2D eigenvalue weighted by atomic mass is 10.2. The summed E-state index contributed by atoms with van der Waals surface area (Å²) in [4.78, 5) is 6.69. The Morgan fingerprint density at radius 1 is 1.52 bits per heavy atom. The zero-order valence-corrected chi connectivity index (χ0v) is 13.6. The molecule has 2 saturated heterocycles. The van der Waals surface area contributed by atoms with Crippen molar-refractivity contribution in [1.29, 1.82) is 0 Å². The lowest BCUT2D eigenvalue weighted by Gasteiger charge is -2.29. The van der Waals surface area contributed by atoms with E-state index in [1.165, 1.54) is 0 Å². The molecule has 1 aromatic heterocycles. The number of nitrogens with zero attached hydrogens (tertiary/aromatic N) is 3. The smallest absolute Gasteiger partial charge is 0.228 e. The first-order valence-corrected chi connectivity index (χ1v) is 10.1. The summed E-state index contributed by atoms with van der Waals surface area (Å²) in [6.45, 7) is 1.51. The fourth-order valence-electron chi connectivity index (χ4n) is 2.65. The Labute approximate surface area is 128 Å². The summed E-state index contributed by atoms with van der Waals surface area (Å²) in [7, 11) is -0.873. The molecule has 2 unspecified atom stereocenters. The molecular weight excluding hydrogens is 312 g/mol. The molecule has 0 aliphatic carbocycles. The third-order valence-corrected chi connectivity index (χ3v) is 6.66. The van der Waals surface area contributed by atoms with Gasteiger partial charge >= 0.3 is 0 Å². The maximum absolute atomic E-state index is 11.6. The van der Waals surface area contributed by atoms with Crippen LogP contribution in [0.25, 0.3) is 0 Å². The predicted octanol–water partition coefficient (Wildman–Crippen LogP) is -0.282. The van der Waals surface area contributed by atoms with Crippen molar-refractivity contribution in [2.24, 2.45) is 0 Å². The van der Waals surface area contributed by atoms with E-state index in [1.807, 2.05) is 11.8 Å². The Kier molecular flexibility index (Phi) is 4.53. The standard InChI is InChI=1S/C12H20N4O3S2/c1-16-3-4-20-7-10(16)12-14-11(19-15-12)6-9-8-21(17,18)5-2-13-9/h9-10,13H,2-8H2,1H3. The van der Waals surface area contributed by atoms with Crippen molar-refractivity contribution in [3.63, 3.8) is 0 Å². The molecule has 3 rings (SSSR count). The van der Waals surface area contributed by atoms with Gasteiger partial charge in [0.25, 0.3) is 0 Å². The molecule has 118 valence electrons. The van der Waals surface area contributed by atoms with Crippen LogP contribution in [0.15, 0.2) is 4.52 Å². The summed E-state index contributed by atoms with van der Waals surface area (Å²) in [5.74, 6) is 3.67. The molecule has 21 heavy (non-hydrogen) atoms. The number of sulfone groups is 1. The number of nitrogens with one attached hydrogen (secondary N) is 1. The minimum absolute atomic E-state index is 0.129. The molecule has 1 N–H and O–H groups in total. The summed E-state index contributed by atoms with van der Waals surface area (Å²) < 4.78 is 28.6. The zero-order chi connectivity index (χ0) is 14.9. The van der Waals surface area contributed by atoms with Gasteiger partial charge < -0.3 is 9.84 Å². The van der Waals surface area contributed by atoms with E-state index in [0.29, 0.717) is 24.7 Å². The highest BCUT2D eigenvalue weighted by molar-refractivity contribution is 7.99. The van der Waals surface area contributed by atoms with Crippen molar-refractivity contribution >= 4 is 21.6 Å². The molecule has 0 spiro atoms. The first kappa shape index (κ1) is 15.3. The maximum atomic E-state index is 11.6. The SMILES string of the molecule is CN1CCSCC1c1noc(CC2CS(=O)(=O)CCN2)n1. The molecule has 0 aromatic carbocycles. The van der Waals surface area contributed by atoms with E-state index in [0.717, 1.165) is 18.1 Å². The second kappa shape index (κ2) is 6.23. The lowest BCUT2D eigenvalue weighted by molar-refractivity contribution is 0.256. The minimum Gasteiger partial charge on any atom is -0.339 e. The monoisotopic (exact) mass is 332 g/mol. The molecule has 7 nitrogen and oxygen atoms in total. The van der Waals surface area contributed by atoms with Crippen molar-refractivity contribution in [2.75, 3.05) is 43.1 Å². The van der Waals surface area contributed by atoms with Crippen molar-refractivity contribution < 1.29 is 12.9 Å². The van der Waals surface area contributed by atoms with Crippen molar-refractivity contribution in [3.8, 4) is 0 Å². The van der Waals surface area contributed by atoms with E-state index in [1.54, 1.807) is 0 Å². The van der Waals surface area contributed by atoms with E-state index in [9.17, 15) is 8.42 Å². The molecule has 0 saturated carbocycles. The van der Waals surface area contributed by atoms with E-state index in [2.05, 4.69) is 27.4 Å². The topological polar surface area (TPSA) is 88.3 Å².